The lowest BCUT2D eigenvalue weighted by atomic mass is 10.2. The third-order valence-corrected chi connectivity index (χ3v) is 2.48. The van der Waals surface area contributed by atoms with E-state index in [2.05, 4.69) is 10.3 Å². The molecule has 0 radical (unpaired) electrons. The lowest BCUT2D eigenvalue weighted by Gasteiger charge is -2.09. The van der Waals surface area contributed by atoms with E-state index in [1.165, 1.54) is 12.3 Å². The average Bonchev–Trinajstić information content (AvgIpc) is 2.38. The van der Waals surface area contributed by atoms with Crippen molar-refractivity contribution in [3.63, 3.8) is 0 Å². The van der Waals surface area contributed by atoms with Gasteiger partial charge in [-0.25, -0.2) is 4.98 Å². The molecule has 0 saturated heterocycles. The minimum atomic E-state index is -0.551. The largest absolute Gasteiger partial charge is 0.397 e. The Bertz CT molecular complexity index is 554. The molecule has 0 bridgehead atoms. The maximum absolute atomic E-state index is 11.3. The molecule has 5 N–H and O–H groups in total. The van der Waals surface area contributed by atoms with Crippen LogP contribution in [0.3, 0.4) is 0 Å². The van der Waals surface area contributed by atoms with Crippen LogP contribution < -0.4 is 16.8 Å². The molecule has 2 rings (SSSR count). The summed E-state index contributed by atoms with van der Waals surface area (Å²) in [7, 11) is 0. The predicted molar refractivity (Wildman–Crippen MR) is 70.9 cm³/mol. The number of nitrogens with two attached hydrogens (primary N) is 2. The summed E-state index contributed by atoms with van der Waals surface area (Å²) in [6, 6.07) is 11.3. The molecule has 0 fully saturated rings. The van der Waals surface area contributed by atoms with Crippen LogP contribution in [-0.4, -0.2) is 10.9 Å². The van der Waals surface area contributed by atoms with Gasteiger partial charge in [-0.15, -0.1) is 0 Å². The van der Waals surface area contributed by atoms with E-state index in [0.717, 1.165) is 5.56 Å². The Labute approximate surface area is 105 Å². The van der Waals surface area contributed by atoms with E-state index in [-0.39, 0.29) is 0 Å². The topological polar surface area (TPSA) is 94.0 Å². The second-order valence-corrected chi connectivity index (χ2v) is 3.87. The van der Waals surface area contributed by atoms with Gasteiger partial charge in [-0.2, -0.15) is 0 Å². The zero-order valence-corrected chi connectivity index (χ0v) is 9.76. The molecule has 0 aliphatic rings. The number of nitrogens with zero attached hydrogens (tertiary/aromatic N) is 1. The Morgan fingerprint density at radius 3 is 2.67 bits per heavy atom. The number of amides is 1. The third-order valence-electron chi connectivity index (χ3n) is 2.48. The monoisotopic (exact) mass is 242 g/mol. The highest BCUT2D eigenvalue weighted by Crippen LogP contribution is 2.15. The first-order valence-electron chi connectivity index (χ1n) is 5.50. The molecular formula is C13H14N4O. The van der Waals surface area contributed by atoms with E-state index in [1.54, 1.807) is 0 Å². The van der Waals surface area contributed by atoms with Gasteiger partial charge in [0.2, 0.25) is 0 Å². The van der Waals surface area contributed by atoms with Crippen LogP contribution in [0.2, 0.25) is 0 Å². The summed E-state index contributed by atoms with van der Waals surface area (Å²) in [6.45, 7) is 0.567. The van der Waals surface area contributed by atoms with Crippen molar-refractivity contribution in [3.8, 4) is 0 Å². The maximum atomic E-state index is 11.3. The van der Waals surface area contributed by atoms with Gasteiger partial charge in [-0.3, -0.25) is 4.79 Å². The van der Waals surface area contributed by atoms with Gasteiger partial charge in [0.25, 0.3) is 5.91 Å². The van der Waals surface area contributed by atoms with Gasteiger partial charge in [-0.05, 0) is 11.6 Å². The Morgan fingerprint density at radius 1 is 1.28 bits per heavy atom. The van der Waals surface area contributed by atoms with Crippen molar-refractivity contribution in [1.82, 2.24) is 4.98 Å². The van der Waals surface area contributed by atoms with Gasteiger partial charge in [0.15, 0.2) is 0 Å². The van der Waals surface area contributed by atoms with E-state index < -0.39 is 5.91 Å². The first kappa shape index (κ1) is 11.9. The summed E-state index contributed by atoms with van der Waals surface area (Å²) < 4.78 is 0. The van der Waals surface area contributed by atoms with Crippen molar-refractivity contribution < 1.29 is 4.79 Å². The van der Waals surface area contributed by atoms with Crippen molar-refractivity contribution in [2.75, 3.05) is 11.1 Å². The highest BCUT2D eigenvalue weighted by molar-refractivity contribution is 5.98. The summed E-state index contributed by atoms with van der Waals surface area (Å²) in [5.41, 5.74) is 12.7. The number of nitrogens with one attached hydrogen (secondary N) is 1. The minimum absolute atomic E-state index is 0.297. The van der Waals surface area contributed by atoms with E-state index in [4.69, 9.17) is 11.5 Å². The van der Waals surface area contributed by atoms with Crippen LogP contribution in [0.1, 0.15) is 15.9 Å². The SMILES string of the molecule is NC(=O)c1cc(N)cnc1NCc1ccccc1. The first-order chi connectivity index (χ1) is 8.66. The highest BCUT2D eigenvalue weighted by Gasteiger charge is 2.09. The number of nitrogen functional groups attached to an aromatic ring is 1. The summed E-state index contributed by atoms with van der Waals surface area (Å²) in [5, 5.41) is 3.07. The quantitative estimate of drug-likeness (QED) is 0.754. The highest BCUT2D eigenvalue weighted by atomic mass is 16.1. The fourth-order valence-electron chi connectivity index (χ4n) is 1.59. The number of pyridine rings is 1. The molecule has 0 unspecified atom stereocenters. The lowest BCUT2D eigenvalue weighted by molar-refractivity contribution is 0.100. The van der Waals surface area contributed by atoms with Crippen LogP contribution in [0.4, 0.5) is 11.5 Å². The molecule has 18 heavy (non-hydrogen) atoms. The van der Waals surface area contributed by atoms with Crippen molar-refractivity contribution in [1.29, 1.82) is 0 Å². The number of carbonyl (C=O) groups excluding carboxylic acids is 1. The molecule has 92 valence electrons. The van der Waals surface area contributed by atoms with Crippen LogP contribution in [0, 0.1) is 0 Å². The second-order valence-electron chi connectivity index (χ2n) is 3.87. The standard InChI is InChI=1S/C13H14N4O/c14-10-6-11(12(15)18)13(17-8-10)16-7-9-4-2-1-3-5-9/h1-6,8H,7,14H2,(H2,15,18)(H,16,17). The Morgan fingerprint density at radius 2 is 2.00 bits per heavy atom. The van der Waals surface area contributed by atoms with E-state index in [9.17, 15) is 4.79 Å². The summed E-state index contributed by atoms with van der Waals surface area (Å²) in [5.74, 6) is -0.106. The van der Waals surface area contributed by atoms with Crippen molar-refractivity contribution in [2.24, 2.45) is 5.73 Å². The number of carbonyl (C=O) groups is 1. The number of benzene rings is 1. The van der Waals surface area contributed by atoms with E-state index >= 15 is 0 Å². The molecule has 5 nitrogen and oxygen atoms in total. The number of hydrogen-bond acceptors (Lipinski definition) is 4. The van der Waals surface area contributed by atoms with Crippen LogP contribution in [-0.2, 0) is 6.54 Å². The molecular weight excluding hydrogens is 228 g/mol. The van der Waals surface area contributed by atoms with Crippen molar-refractivity contribution in [2.45, 2.75) is 6.54 Å². The third kappa shape index (κ3) is 2.76. The molecule has 0 saturated carbocycles. The Kier molecular flexibility index (Phi) is 3.43. The van der Waals surface area contributed by atoms with Gasteiger partial charge in [-0.1, -0.05) is 30.3 Å². The fourth-order valence-corrected chi connectivity index (χ4v) is 1.59. The van der Waals surface area contributed by atoms with Gasteiger partial charge in [0.05, 0.1) is 17.4 Å². The van der Waals surface area contributed by atoms with Gasteiger partial charge >= 0.3 is 0 Å². The number of primary amides is 1. The molecule has 2 aromatic rings. The maximum Gasteiger partial charge on any atom is 0.252 e. The Balaban J connectivity index is 2.17. The number of anilines is 2. The van der Waals surface area contributed by atoms with Crippen LogP contribution in [0.25, 0.3) is 0 Å². The summed E-state index contributed by atoms with van der Waals surface area (Å²) in [6.07, 6.45) is 1.49. The lowest BCUT2D eigenvalue weighted by Crippen LogP contribution is -2.16. The summed E-state index contributed by atoms with van der Waals surface area (Å²) >= 11 is 0. The molecule has 1 aromatic carbocycles. The minimum Gasteiger partial charge on any atom is -0.397 e. The molecule has 0 aliphatic carbocycles. The predicted octanol–water partition coefficient (Wildman–Crippen LogP) is 1.37. The fraction of sp³-hybridized carbons (Fsp3) is 0.0769. The molecule has 1 heterocycles. The molecule has 5 heteroatoms. The van der Waals surface area contributed by atoms with Gasteiger partial charge in [0.1, 0.15) is 5.82 Å². The number of aromatic nitrogens is 1. The zero-order valence-electron chi connectivity index (χ0n) is 9.76. The van der Waals surface area contributed by atoms with Crippen molar-refractivity contribution >= 4 is 17.4 Å². The summed E-state index contributed by atoms with van der Waals surface area (Å²) in [4.78, 5) is 15.3. The molecule has 0 aliphatic heterocycles. The number of rotatable bonds is 4. The smallest absolute Gasteiger partial charge is 0.252 e. The van der Waals surface area contributed by atoms with Gasteiger partial charge in [0, 0.05) is 6.54 Å². The molecule has 0 atom stereocenters. The van der Waals surface area contributed by atoms with Crippen LogP contribution in [0.15, 0.2) is 42.6 Å². The van der Waals surface area contributed by atoms with Crippen LogP contribution in [0.5, 0.6) is 0 Å². The molecule has 1 amide bonds. The number of hydrogen-bond donors (Lipinski definition) is 3. The average molecular weight is 242 g/mol. The van der Waals surface area contributed by atoms with Crippen LogP contribution >= 0.6 is 0 Å². The van der Waals surface area contributed by atoms with Gasteiger partial charge < -0.3 is 16.8 Å². The molecule has 1 aromatic heterocycles. The second kappa shape index (κ2) is 5.18. The van der Waals surface area contributed by atoms with E-state index in [0.29, 0.717) is 23.6 Å². The zero-order chi connectivity index (χ0) is 13.0. The Hall–Kier alpha value is -2.56. The normalized spacial score (nSPS) is 10.0. The molecule has 0 spiro atoms. The van der Waals surface area contributed by atoms with E-state index in [1.807, 2.05) is 30.3 Å². The first-order valence-corrected chi connectivity index (χ1v) is 5.50. The van der Waals surface area contributed by atoms with Crippen molar-refractivity contribution in [3.05, 3.63) is 53.7 Å².